The molecule has 0 amide bonds. The largest absolute Gasteiger partial charge is 0.269 e. The standard InChI is InChI=1S/C15H14N2O4S/c1-11-2-4-12(5-3-11)15-10-16(15)22(20,21)14-8-6-13(7-9-14)17(18)19/h2-9,15H,10H2,1H3. The van der Waals surface area contributed by atoms with Gasteiger partial charge in [-0.25, -0.2) is 8.42 Å². The molecule has 1 fully saturated rings. The van der Waals surface area contributed by atoms with Gasteiger partial charge in [-0.2, -0.15) is 4.31 Å². The molecule has 0 N–H and O–H groups in total. The van der Waals surface area contributed by atoms with E-state index in [0.29, 0.717) is 6.54 Å². The van der Waals surface area contributed by atoms with E-state index in [0.717, 1.165) is 11.1 Å². The summed E-state index contributed by atoms with van der Waals surface area (Å²) in [7, 11) is -3.60. The number of hydrogen-bond donors (Lipinski definition) is 0. The van der Waals surface area contributed by atoms with E-state index in [2.05, 4.69) is 0 Å². The van der Waals surface area contributed by atoms with Crippen LogP contribution < -0.4 is 0 Å². The van der Waals surface area contributed by atoms with Gasteiger partial charge in [-0.3, -0.25) is 10.1 Å². The molecule has 3 rings (SSSR count). The molecule has 2 atom stereocenters. The van der Waals surface area contributed by atoms with E-state index in [9.17, 15) is 18.5 Å². The molecule has 1 heterocycles. The highest BCUT2D eigenvalue weighted by molar-refractivity contribution is 7.89. The van der Waals surface area contributed by atoms with E-state index in [1.165, 1.54) is 28.6 Å². The number of nitro groups is 1. The summed E-state index contributed by atoms with van der Waals surface area (Å²) in [4.78, 5) is 10.1. The number of benzene rings is 2. The van der Waals surface area contributed by atoms with E-state index in [4.69, 9.17) is 0 Å². The van der Waals surface area contributed by atoms with Gasteiger partial charge >= 0.3 is 0 Å². The third-order valence-electron chi connectivity index (χ3n) is 3.68. The molecule has 0 spiro atoms. The molecule has 2 unspecified atom stereocenters. The number of aryl methyl sites for hydroxylation is 1. The topological polar surface area (TPSA) is 80.3 Å². The summed E-state index contributed by atoms with van der Waals surface area (Å²) in [5, 5.41) is 10.6. The lowest BCUT2D eigenvalue weighted by molar-refractivity contribution is -0.384. The van der Waals surface area contributed by atoms with Crippen LogP contribution in [-0.4, -0.2) is 24.2 Å². The van der Waals surface area contributed by atoms with Crippen molar-refractivity contribution in [2.75, 3.05) is 6.54 Å². The van der Waals surface area contributed by atoms with Crippen LogP contribution in [0.25, 0.3) is 0 Å². The van der Waals surface area contributed by atoms with Crippen LogP contribution in [0.4, 0.5) is 5.69 Å². The van der Waals surface area contributed by atoms with Gasteiger partial charge in [-0.15, -0.1) is 0 Å². The smallest absolute Gasteiger partial charge is 0.258 e. The van der Waals surface area contributed by atoms with Gasteiger partial charge in [-0.1, -0.05) is 29.8 Å². The van der Waals surface area contributed by atoms with Crippen molar-refractivity contribution in [1.82, 2.24) is 4.31 Å². The minimum absolute atomic E-state index is 0.0766. The van der Waals surface area contributed by atoms with Gasteiger partial charge in [0, 0.05) is 18.7 Å². The molecule has 7 heteroatoms. The molecule has 114 valence electrons. The summed E-state index contributed by atoms with van der Waals surface area (Å²) in [5.74, 6) is 0. The monoisotopic (exact) mass is 318 g/mol. The Morgan fingerprint density at radius 2 is 1.68 bits per heavy atom. The van der Waals surface area contributed by atoms with Crippen molar-refractivity contribution in [2.24, 2.45) is 0 Å². The molecule has 2 aromatic rings. The summed E-state index contributed by atoms with van der Waals surface area (Å²) in [6.45, 7) is 2.41. The molecular weight excluding hydrogens is 304 g/mol. The first-order valence-corrected chi connectivity index (χ1v) is 8.16. The molecule has 2 aromatic carbocycles. The number of hydrogen-bond acceptors (Lipinski definition) is 4. The highest BCUT2D eigenvalue weighted by atomic mass is 32.2. The Balaban J connectivity index is 1.82. The lowest BCUT2D eigenvalue weighted by Crippen LogP contribution is -2.12. The Hall–Kier alpha value is -2.25. The highest BCUT2D eigenvalue weighted by Crippen LogP contribution is 2.40. The molecule has 1 saturated heterocycles. The van der Waals surface area contributed by atoms with Crippen molar-refractivity contribution in [3.8, 4) is 0 Å². The molecule has 0 aromatic heterocycles. The second kappa shape index (κ2) is 5.19. The normalized spacial score (nSPS) is 20.6. The molecule has 0 bridgehead atoms. The summed E-state index contributed by atoms with van der Waals surface area (Å²) in [6.07, 6.45) is 0. The van der Waals surface area contributed by atoms with E-state index in [1.54, 1.807) is 0 Å². The summed E-state index contributed by atoms with van der Waals surface area (Å²) in [5.41, 5.74) is 1.95. The van der Waals surface area contributed by atoms with Crippen LogP contribution in [0.5, 0.6) is 0 Å². The molecule has 0 aliphatic carbocycles. The van der Waals surface area contributed by atoms with Crippen molar-refractivity contribution in [1.29, 1.82) is 0 Å². The highest BCUT2D eigenvalue weighted by Gasteiger charge is 2.45. The van der Waals surface area contributed by atoms with Crippen molar-refractivity contribution >= 4 is 15.7 Å². The summed E-state index contributed by atoms with van der Waals surface area (Å²) in [6, 6.07) is 12.6. The Kier molecular flexibility index (Phi) is 3.46. The Labute approximate surface area is 128 Å². The van der Waals surface area contributed by atoms with Crippen LogP contribution in [0.2, 0.25) is 0 Å². The van der Waals surface area contributed by atoms with Crippen LogP contribution in [0, 0.1) is 17.0 Å². The fraction of sp³-hybridized carbons (Fsp3) is 0.200. The maximum Gasteiger partial charge on any atom is 0.269 e. The first-order valence-electron chi connectivity index (χ1n) is 6.72. The molecule has 1 aliphatic rings. The SMILES string of the molecule is Cc1ccc(C2CN2S(=O)(=O)c2ccc([N+](=O)[O-])cc2)cc1. The van der Waals surface area contributed by atoms with E-state index in [-0.39, 0.29) is 16.6 Å². The Morgan fingerprint density at radius 3 is 2.23 bits per heavy atom. The average molecular weight is 318 g/mol. The van der Waals surface area contributed by atoms with Crippen LogP contribution in [0.1, 0.15) is 17.2 Å². The van der Waals surface area contributed by atoms with E-state index >= 15 is 0 Å². The van der Waals surface area contributed by atoms with Gasteiger partial charge in [0.15, 0.2) is 0 Å². The zero-order valence-electron chi connectivity index (χ0n) is 11.8. The molecule has 0 saturated carbocycles. The number of sulfonamides is 1. The van der Waals surface area contributed by atoms with Crippen LogP contribution in [-0.2, 0) is 10.0 Å². The summed E-state index contributed by atoms with van der Waals surface area (Å²) < 4.78 is 26.4. The lowest BCUT2D eigenvalue weighted by atomic mass is 10.1. The first-order chi connectivity index (χ1) is 10.4. The average Bonchev–Trinajstić information content (AvgIpc) is 3.29. The Morgan fingerprint density at radius 1 is 1.09 bits per heavy atom. The zero-order valence-corrected chi connectivity index (χ0v) is 12.7. The minimum atomic E-state index is -3.60. The molecule has 1 aliphatic heterocycles. The van der Waals surface area contributed by atoms with Gasteiger partial charge in [-0.05, 0) is 24.6 Å². The predicted octanol–water partition coefficient (Wildman–Crippen LogP) is 2.65. The number of nitrogens with zero attached hydrogens (tertiary/aromatic N) is 2. The van der Waals surface area contributed by atoms with Crippen LogP contribution >= 0.6 is 0 Å². The van der Waals surface area contributed by atoms with Gasteiger partial charge in [0.05, 0.1) is 15.9 Å². The number of rotatable bonds is 4. The van der Waals surface area contributed by atoms with Gasteiger partial charge in [0.25, 0.3) is 5.69 Å². The second-order valence-corrected chi connectivity index (χ2v) is 7.14. The Bertz CT molecular complexity index is 814. The predicted molar refractivity (Wildman–Crippen MR) is 80.9 cm³/mol. The zero-order chi connectivity index (χ0) is 15.9. The van der Waals surface area contributed by atoms with Crippen molar-refractivity contribution in [3.63, 3.8) is 0 Å². The summed E-state index contributed by atoms with van der Waals surface area (Å²) >= 11 is 0. The molecular formula is C15H14N2O4S. The van der Waals surface area contributed by atoms with Crippen LogP contribution in [0.3, 0.4) is 0 Å². The quantitative estimate of drug-likeness (QED) is 0.493. The van der Waals surface area contributed by atoms with Crippen molar-refractivity contribution in [2.45, 2.75) is 17.9 Å². The lowest BCUT2D eigenvalue weighted by Gasteiger charge is -2.06. The van der Waals surface area contributed by atoms with Gasteiger partial charge in [0.2, 0.25) is 10.0 Å². The molecule has 6 nitrogen and oxygen atoms in total. The van der Waals surface area contributed by atoms with E-state index < -0.39 is 14.9 Å². The molecule has 22 heavy (non-hydrogen) atoms. The number of nitro benzene ring substituents is 1. The molecule has 0 radical (unpaired) electrons. The minimum Gasteiger partial charge on any atom is -0.258 e. The third kappa shape index (κ3) is 2.60. The van der Waals surface area contributed by atoms with Crippen molar-refractivity contribution < 1.29 is 13.3 Å². The second-order valence-electron chi connectivity index (χ2n) is 5.25. The van der Waals surface area contributed by atoms with Gasteiger partial charge < -0.3 is 0 Å². The fourth-order valence-corrected chi connectivity index (χ4v) is 3.87. The maximum atomic E-state index is 12.5. The fourth-order valence-electron chi connectivity index (χ4n) is 2.32. The number of non-ortho nitro benzene ring substituents is 1. The van der Waals surface area contributed by atoms with Crippen LogP contribution in [0.15, 0.2) is 53.4 Å². The third-order valence-corrected chi connectivity index (χ3v) is 5.57. The first kappa shape index (κ1) is 14.7. The van der Waals surface area contributed by atoms with Crippen molar-refractivity contribution in [3.05, 3.63) is 69.8 Å². The van der Waals surface area contributed by atoms with E-state index in [1.807, 2.05) is 31.2 Å². The maximum absolute atomic E-state index is 12.5. The van der Waals surface area contributed by atoms with Gasteiger partial charge in [0.1, 0.15) is 0 Å².